The van der Waals surface area contributed by atoms with Crippen molar-refractivity contribution in [1.82, 2.24) is 5.32 Å². The summed E-state index contributed by atoms with van der Waals surface area (Å²) >= 11 is 0. The van der Waals surface area contributed by atoms with Gasteiger partial charge in [-0.2, -0.15) is 0 Å². The fourth-order valence-corrected chi connectivity index (χ4v) is 3.22. The van der Waals surface area contributed by atoms with Crippen LogP contribution < -0.4 is 5.32 Å². The molecular weight excluding hydrogens is 386 g/mol. The number of rotatable bonds is 7. The van der Waals surface area contributed by atoms with Crippen LogP contribution in [0.5, 0.6) is 0 Å². The quantitative estimate of drug-likeness (QED) is 0.185. The van der Waals surface area contributed by atoms with E-state index in [2.05, 4.69) is 5.32 Å². The minimum Gasteiger partial charge on any atom is -0.477 e. The van der Waals surface area contributed by atoms with Crippen molar-refractivity contribution >= 4 is 12.4 Å². The number of aliphatic hydroxyl groups excluding tert-OH is 6. The highest BCUT2D eigenvalue weighted by molar-refractivity contribution is 5.76. The zero-order chi connectivity index (χ0) is 21.2. The van der Waals surface area contributed by atoms with Gasteiger partial charge in [0.2, 0.25) is 6.41 Å². The Labute approximate surface area is 159 Å². The van der Waals surface area contributed by atoms with E-state index in [-0.39, 0.29) is 6.41 Å². The number of aliphatic hydroxyl groups is 6. The van der Waals surface area contributed by atoms with Gasteiger partial charge in [-0.25, -0.2) is 4.79 Å². The molecule has 162 valence electrons. The first-order valence-electron chi connectivity index (χ1n) is 8.52. The van der Waals surface area contributed by atoms with Crippen LogP contribution in [0.15, 0.2) is 0 Å². The molecule has 2 saturated heterocycles. The smallest absolute Gasteiger partial charge is 0.364 e. The average molecular weight is 411 g/mol. The number of carbonyl (C=O) groups is 2. The van der Waals surface area contributed by atoms with Crippen molar-refractivity contribution in [2.75, 3.05) is 6.61 Å². The maximum atomic E-state index is 11.9. The van der Waals surface area contributed by atoms with E-state index in [0.717, 1.165) is 0 Å². The first-order chi connectivity index (χ1) is 13.0. The van der Waals surface area contributed by atoms with E-state index in [0.29, 0.717) is 0 Å². The van der Waals surface area contributed by atoms with Crippen LogP contribution >= 0.6 is 0 Å². The van der Waals surface area contributed by atoms with Gasteiger partial charge in [0, 0.05) is 6.42 Å². The van der Waals surface area contributed by atoms with E-state index in [1.165, 1.54) is 6.92 Å². The number of ether oxygens (including phenoxy) is 3. The highest BCUT2D eigenvalue weighted by Crippen LogP contribution is 2.35. The van der Waals surface area contributed by atoms with Crippen molar-refractivity contribution < 1.29 is 59.5 Å². The molecule has 0 aromatic carbocycles. The lowest BCUT2D eigenvalue weighted by Crippen LogP contribution is -2.67. The summed E-state index contributed by atoms with van der Waals surface area (Å²) < 4.78 is 15.5. The monoisotopic (exact) mass is 411 g/mol. The fraction of sp³-hybridized carbons (Fsp3) is 0.867. The van der Waals surface area contributed by atoms with Crippen LogP contribution in [0.4, 0.5) is 0 Å². The van der Waals surface area contributed by atoms with Gasteiger partial charge in [0.05, 0.1) is 24.9 Å². The predicted octanol–water partition coefficient (Wildman–Crippen LogP) is -4.77. The third-order valence-corrected chi connectivity index (χ3v) is 4.79. The zero-order valence-corrected chi connectivity index (χ0v) is 14.9. The van der Waals surface area contributed by atoms with Crippen molar-refractivity contribution in [1.29, 1.82) is 0 Å². The lowest BCUT2D eigenvalue weighted by atomic mass is 9.89. The minimum absolute atomic E-state index is 0.203. The molecule has 13 heteroatoms. The van der Waals surface area contributed by atoms with Gasteiger partial charge in [-0.05, 0) is 6.92 Å². The number of hydrogen-bond acceptors (Lipinski definition) is 11. The van der Waals surface area contributed by atoms with Crippen molar-refractivity contribution in [2.24, 2.45) is 0 Å². The number of carboxylic acid groups (broad SMARTS) is 1. The molecule has 8 N–H and O–H groups in total. The SMILES string of the molecule is C[C@H](O)[C@H](NC=O)[C@@H]1O[C@](O[C@@H]2CO[C@@H](O)[C@H](O)[C@H]2O)(C(=O)O)C[C@H](O)[C@@H]1O. The van der Waals surface area contributed by atoms with Gasteiger partial charge >= 0.3 is 5.97 Å². The second-order valence-electron chi connectivity index (χ2n) is 6.81. The summed E-state index contributed by atoms with van der Waals surface area (Å²) in [6.45, 7) is 0.742. The molecule has 2 aliphatic rings. The van der Waals surface area contributed by atoms with Crippen LogP contribution in [0, 0.1) is 0 Å². The molecule has 2 heterocycles. The van der Waals surface area contributed by atoms with Crippen LogP contribution in [0.3, 0.4) is 0 Å². The van der Waals surface area contributed by atoms with Crippen molar-refractivity contribution in [2.45, 2.75) is 74.2 Å². The van der Waals surface area contributed by atoms with Gasteiger partial charge in [0.1, 0.15) is 30.5 Å². The molecule has 2 rings (SSSR count). The van der Waals surface area contributed by atoms with Gasteiger partial charge in [-0.1, -0.05) is 0 Å². The molecular formula is C15H25NO12. The predicted molar refractivity (Wildman–Crippen MR) is 85.4 cm³/mol. The summed E-state index contributed by atoms with van der Waals surface area (Å²) in [6, 6.07) is -1.30. The molecule has 2 aliphatic heterocycles. The fourth-order valence-electron chi connectivity index (χ4n) is 3.22. The Morgan fingerprint density at radius 3 is 2.39 bits per heavy atom. The highest BCUT2D eigenvalue weighted by Gasteiger charge is 2.57. The van der Waals surface area contributed by atoms with Crippen LogP contribution in [0.1, 0.15) is 13.3 Å². The number of hydrogen-bond donors (Lipinski definition) is 8. The lowest BCUT2D eigenvalue weighted by Gasteiger charge is -2.47. The Hall–Kier alpha value is -1.42. The normalized spacial score (nSPS) is 43.8. The molecule has 0 bridgehead atoms. The van der Waals surface area contributed by atoms with Crippen LogP contribution in [0.25, 0.3) is 0 Å². The summed E-state index contributed by atoms with van der Waals surface area (Å²) in [6.07, 6.45) is -13.5. The molecule has 0 spiro atoms. The molecule has 0 aliphatic carbocycles. The maximum Gasteiger partial charge on any atom is 0.364 e. The summed E-state index contributed by atoms with van der Waals surface area (Å²) in [5.74, 6) is -4.34. The summed E-state index contributed by atoms with van der Waals surface area (Å²) in [5.41, 5.74) is 0. The molecule has 10 atom stereocenters. The van der Waals surface area contributed by atoms with Crippen molar-refractivity contribution in [3.63, 3.8) is 0 Å². The van der Waals surface area contributed by atoms with E-state index in [1.807, 2.05) is 0 Å². The topological polar surface area (TPSA) is 215 Å². The van der Waals surface area contributed by atoms with Crippen molar-refractivity contribution in [3.05, 3.63) is 0 Å². The molecule has 13 nitrogen and oxygen atoms in total. The van der Waals surface area contributed by atoms with Gasteiger partial charge in [-0.15, -0.1) is 0 Å². The van der Waals surface area contributed by atoms with Gasteiger partial charge < -0.3 is 55.3 Å². The van der Waals surface area contributed by atoms with Crippen LogP contribution in [-0.2, 0) is 23.8 Å². The second-order valence-corrected chi connectivity index (χ2v) is 6.81. The Morgan fingerprint density at radius 1 is 1.21 bits per heavy atom. The molecule has 0 saturated carbocycles. The summed E-state index contributed by atoms with van der Waals surface area (Å²) in [4.78, 5) is 22.7. The number of carboxylic acids is 1. The van der Waals surface area contributed by atoms with Crippen molar-refractivity contribution in [3.8, 4) is 0 Å². The minimum atomic E-state index is -2.61. The molecule has 28 heavy (non-hydrogen) atoms. The Balaban J connectivity index is 2.31. The third kappa shape index (κ3) is 4.42. The standard InChI is InChI=1S/C15H25NO12/c1-5(18)8(16-4-17)12-9(20)6(19)2-15(28-12,14(24)25)27-7-3-26-13(23)11(22)10(7)21/h4-13,18-23H,2-3H2,1H3,(H,16,17)(H,24,25)/t5-,6-,7+,8-,9-,10-,11+,12-,13+,15-/m0/s1. The molecule has 0 radical (unpaired) electrons. The molecule has 0 aromatic rings. The van der Waals surface area contributed by atoms with Gasteiger partial charge in [0.15, 0.2) is 6.29 Å². The van der Waals surface area contributed by atoms with E-state index in [1.54, 1.807) is 0 Å². The first-order valence-corrected chi connectivity index (χ1v) is 8.52. The van der Waals surface area contributed by atoms with E-state index >= 15 is 0 Å². The molecule has 0 aromatic heterocycles. The van der Waals surface area contributed by atoms with E-state index in [4.69, 9.17) is 14.2 Å². The lowest BCUT2D eigenvalue weighted by molar-refractivity contribution is -0.354. The largest absolute Gasteiger partial charge is 0.477 e. The Kier molecular flexibility index (Phi) is 7.30. The zero-order valence-electron chi connectivity index (χ0n) is 14.9. The van der Waals surface area contributed by atoms with Gasteiger partial charge in [-0.3, -0.25) is 4.79 Å². The highest BCUT2D eigenvalue weighted by atomic mass is 16.7. The molecule has 1 amide bonds. The molecule has 0 unspecified atom stereocenters. The number of amides is 1. The maximum absolute atomic E-state index is 11.9. The number of nitrogens with one attached hydrogen (secondary N) is 1. The second kappa shape index (κ2) is 8.94. The Bertz CT molecular complexity index is 561. The summed E-state index contributed by atoms with van der Waals surface area (Å²) in [7, 11) is 0. The summed E-state index contributed by atoms with van der Waals surface area (Å²) in [5, 5.41) is 71.1. The van der Waals surface area contributed by atoms with Crippen LogP contribution in [0.2, 0.25) is 0 Å². The van der Waals surface area contributed by atoms with Crippen LogP contribution in [-0.4, -0.2) is 116 Å². The third-order valence-electron chi connectivity index (χ3n) is 4.79. The average Bonchev–Trinajstić information content (AvgIpc) is 2.63. The van der Waals surface area contributed by atoms with Gasteiger partial charge in [0.25, 0.3) is 5.79 Å². The Morgan fingerprint density at radius 2 is 1.86 bits per heavy atom. The molecule has 2 fully saturated rings. The van der Waals surface area contributed by atoms with E-state index in [9.17, 15) is 45.3 Å². The number of carbonyl (C=O) groups excluding carboxylic acids is 1. The number of aliphatic carboxylic acids is 1. The first kappa shape index (κ1) is 22.9. The van der Waals surface area contributed by atoms with E-state index < -0.39 is 79.8 Å².